The Morgan fingerprint density at radius 3 is 1.08 bits per heavy atom. The van der Waals surface area contributed by atoms with Crippen LogP contribution in [0.5, 0.6) is 0 Å². The SMILES string of the molecule is CC/C=C\C/C=C\C/C=C\C/C=C\C/C=C\CCCCCCCC(=O)OCC(COC(=O)CCCCCCC/C=C\CCC)OC(=O)CCCCCCCCCCCCCC. The Labute approximate surface area is 376 Å². The van der Waals surface area contributed by atoms with Crippen molar-refractivity contribution in [2.45, 2.75) is 245 Å². The highest BCUT2D eigenvalue weighted by Crippen LogP contribution is 2.14. The topological polar surface area (TPSA) is 78.9 Å². The first kappa shape index (κ1) is 57.9. The maximum Gasteiger partial charge on any atom is 0.306 e. The van der Waals surface area contributed by atoms with Crippen molar-refractivity contribution in [3.8, 4) is 0 Å². The van der Waals surface area contributed by atoms with Crippen molar-refractivity contribution in [3.63, 3.8) is 0 Å². The first-order chi connectivity index (χ1) is 30.0. The molecule has 0 aromatic rings. The Morgan fingerprint density at radius 1 is 0.344 bits per heavy atom. The number of esters is 3. The molecule has 0 fully saturated rings. The van der Waals surface area contributed by atoms with Gasteiger partial charge >= 0.3 is 17.9 Å². The van der Waals surface area contributed by atoms with Crippen LogP contribution in [0.3, 0.4) is 0 Å². The third-order valence-electron chi connectivity index (χ3n) is 10.7. The van der Waals surface area contributed by atoms with Gasteiger partial charge in [-0.2, -0.15) is 0 Å². The summed E-state index contributed by atoms with van der Waals surface area (Å²) >= 11 is 0. The van der Waals surface area contributed by atoms with E-state index in [0.29, 0.717) is 19.3 Å². The molecule has 0 rings (SSSR count). The number of carbonyl (C=O) groups excluding carboxylic acids is 3. The van der Waals surface area contributed by atoms with Gasteiger partial charge in [-0.3, -0.25) is 14.4 Å². The second kappa shape index (κ2) is 49.5. The molecule has 0 aliphatic carbocycles. The lowest BCUT2D eigenvalue weighted by atomic mass is 10.0. The number of rotatable bonds is 45. The minimum Gasteiger partial charge on any atom is -0.462 e. The Kier molecular flexibility index (Phi) is 46.9. The molecule has 0 spiro atoms. The molecule has 0 aromatic carbocycles. The van der Waals surface area contributed by atoms with Gasteiger partial charge in [0.1, 0.15) is 13.2 Å². The molecule has 0 saturated heterocycles. The summed E-state index contributed by atoms with van der Waals surface area (Å²) in [6, 6.07) is 0. The van der Waals surface area contributed by atoms with E-state index in [4.69, 9.17) is 14.2 Å². The summed E-state index contributed by atoms with van der Waals surface area (Å²) in [5.41, 5.74) is 0. The number of ether oxygens (including phenoxy) is 3. The molecule has 6 heteroatoms. The number of hydrogen-bond donors (Lipinski definition) is 0. The average Bonchev–Trinajstić information content (AvgIpc) is 3.26. The Morgan fingerprint density at radius 2 is 0.672 bits per heavy atom. The summed E-state index contributed by atoms with van der Waals surface area (Å²) in [6.07, 6.45) is 61.7. The van der Waals surface area contributed by atoms with Crippen LogP contribution in [0, 0.1) is 0 Å². The Hall–Kier alpha value is -3.15. The lowest BCUT2D eigenvalue weighted by molar-refractivity contribution is -0.167. The van der Waals surface area contributed by atoms with E-state index in [1.54, 1.807) is 0 Å². The Balaban J connectivity index is 4.34. The normalized spacial score (nSPS) is 12.6. The highest BCUT2D eigenvalue weighted by Gasteiger charge is 2.19. The molecule has 6 nitrogen and oxygen atoms in total. The smallest absolute Gasteiger partial charge is 0.306 e. The number of unbranched alkanes of at least 4 members (excludes halogenated alkanes) is 22. The van der Waals surface area contributed by atoms with Gasteiger partial charge in [0.25, 0.3) is 0 Å². The van der Waals surface area contributed by atoms with Gasteiger partial charge in [-0.25, -0.2) is 0 Å². The van der Waals surface area contributed by atoms with E-state index in [2.05, 4.69) is 93.7 Å². The summed E-state index contributed by atoms with van der Waals surface area (Å²) in [6.45, 7) is 6.43. The monoisotopic (exact) mass is 851 g/mol. The maximum atomic E-state index is 12.7. The summed E-state index contributed by atoms with van der Waals surface area (Å²) in [5.74, 6) is -0.913. The van der Waals surface area contributed by atoms with Crippen LogP contribution in [-0.2, 0) is 28.6 Å². The van der Waals surface area contributed by atoms with Gasteiger partial charge in [0.15, 0.2) is 6.10 Å². The third kappa shape index (κ3) is 47.7. The average molecular weight is 851 g/mol. The fourth-order valence-electron chi connectivity index (χ4n) is 6.88. The van der Waals surface area contributed by atoms with E-state index < -0.39 is 6.10 Å². The van der Waals surface area contributed by atoms with E-state index in [9.17, 15) is 14.4 Å². The summed E-state index contributed by atoms with van der Waals surface area (Å²) in [4.78, 5) is 37.9. The largest absolute Gasteiger partial charge is 0.462 e. The molecule has 0 N–H and O–H groups in total. The van der Waals surface area contributed by atoms with Gasteiger partial charge in [0.2, 0.25) is 0 Å². The standard InChI is InChI=1S/C55H94O6/c1-4-7-10-13-16-19-22-24-25-26-27-28-29-30-31-32-34-36-39-42-45-48-54(57)60-51-52(50-59-53(56)47-44-41-38-35-21-18-15-12-9-6-3)61-55(58)49-46-43-40-37-33-23-20-17-14-11-8-5-2/h7,10,12,15-16,19,24-25,27-28,30-31,52H,4-6,8-9,11,13-14,17-18,20-23,26,29,32-51H2,1-3H3/b10-7-,15-12-,19-16-,25-24-,28-27-,31-30-. The minimum absolute atomic E-state index is 0.0850. The second-order valence-electron chi connectivity index (χ2n) is 16.7. The zero-order chi connectivity index (χ0) is 44.4. The van der Waals surface area contributed by atoms with E-state index in [0.717, 1.165) is 122 Å². The molecule has 0 aliphatic rings. The third-order valence-corrected chi connectivity index (χ3v) is 10.7. The lowest BCUT2D eigenvalue weighted by Gasteiger charge is -2.18. The van der Waals surface area contributed by atoms with Crippen molar-refractivity contribution in [1.82, 2.24) is 0 Å². The zero-order valence-corrected chi connectivity index (χ0v) is 39.9. The predicted molar refractivity (Wildman–Crippen MR) is 261 cm³/mol. The Bertz CT molecular complexity index is 1160. The molecule has 0 bridgehead atoms. The molecule has 61 heavy (non-hydrogen) atoms. The molecule has 0 amide bonds. The molecular formula is C55H94O6. The molecule has 0 aliphatic heterocycles. The van der Waals surface area contributed by atoms with Crippen molar-refractivity contribution in [2.75, 3.05) is 13.2 Å². The molecule has 0 saturated carbocycles. The lowest BCUT2D eigenvalue weighted by Crippen LogP contribution is -2.30. The second-order valence-corrected chi connectivity index (χ2v) is 16.7. The minimum atomic E-state index is -0.783. The van der Waals surface area contributed by atoms with Crippen LogP contribution in [0.1, 0.15) is 239 Å². The molecular weight excluding hydrogens is 757 g/mol. The number of carbonyl (C=O) groups is 3. The summed E-state index contributed by atoms with van der Waals surface area (Å²) in [5, 5.41) is 0. The van der Waals surface area contributed by atoms with Gasteiger partial charge < -0.3 is 14.2 Å². The number of hydrogen-bond acceptors (Lipinski definition) is 6. The molecule has 1 atom stereocenters. The van der Waals surface area contributed by atoms with Gasteiger partial charge in [-0.05, 0) is 83.5 Å². The molecule has 0 aromatic heterocycles. The van der Waals surface area contributed by atoms with Gasteiger partial charge in [0.05, 0.1) is 0 Å². The molecule has 350 valence electrons. The van der Waals surface area contributed by atoms with Crippen molar-refractivity contribution < 1.29 is 28.6 Å². The molecule has 0 radical (unpaired) electrons. The van der Waals surface area contributed by atoms with Crippen LogP contribution in [0.25, 0.3) is 0 Å². The van der Waals surface area contributed by atoms with E-state index >= 15 is 0 Å². The van der Waals surface area contributed by atoms with Gasteiger partial charge in [-0.15, -0.1) is 0 Å². The van der Waals surface area contributed by atoms with Crippen molar-refractivity contribution >= 4 is 17.9 Å². The van der Waals surface area contributed by atoms with Crippen molar-refractivity contribution in [3.05, 3.63) is 72.9 Å². The fourth-order valence-corrected chi connectivity index (χ4v) is 6.88. The number of allylic oxidation sites excluding steroid dienone is 12. The molecule has 0 heterocycles. The van der Waals surface area contributed by atoms with Crippen LogP contribution in [-0.4, -0.2) is 37.2 Å². The summed E-state index contributed by atoms with van der Waals surface area (Å²) < 4.78 is 16.7. The first-order valence-corrected chi connectivity index (χ1v) is 25.4. The predicted octanol–water partition coefficient (Wildman–Crippen LogP) is 16.6. The van der Waals surface area contributed by atoms with Gasteiger partial charge in [0, 0.05) is 19.3 Å². The summed E-state index contributed by atoms with van der Waals surface area (Å²) in [7, 11) is 0. The first-order valence-electron chi connectivity index (χ1n) is 25.4. The van der Waals surface area contributed by atoms with E-state index in [1.807, 2.05) is 0 Å². The van der Waals surface area contributed by atoms with Gasteiger partial charge in [-0.1, -0.05) is 209 Å². The van der Waals surface area contributed by atoms with Crippen LogP contribution < -0.4 is 0 Å². The highest BCUT2D eigenvalue weighted by molar-refractivity contribution is 5.71. The molecule has 1 unspecified atom stereocenters. The van der Waals surface area contributed by atoms with Crippen LogP contribution >= 0.6 is 0 Å². The maximum absolute atomic E-state index is 12.7. The fraction of sp³-hybridized carbons (Fsp3) is 0.727. The van der Waals surface area contributed by atoms with Crippen LogP contribution in [0.2, 0.25) is 0 Å². The van der Waals surface area contributed by atoms with Crippen LogP contribution in [0.4, 0.5) is 0 Å². The zero-order valence-electron chi connectivity index (χ0n) is 39.9. The van der Waals surface area contributed by atoms with Crippen molar-refractivity contribution in [1.29, 1.82) is 0 Å². The quantitative estimate of drug-likeness (QED) is 0.0263. The van der Waals surface area contributed by atoms with E-state index in [-0.39, 0.29) is 31.1 Å². The van der Waals surface area contributed by atoms with E-state index in [1.165, 1.54) is 77.0 Å². The highest BCUT2D eigenvalue weighted by atomic mass is 16.6. The van der Waals surface area contributed by atoms with Crippen molar-refractivity contribution in [2.24, 2.45) is 0 Å². The van der Waals surface area contributed by atoms with Crippen LogP contribution in [0.15, 0.2) is 72.9 Å².